The zero-order chi connectivity index (χ0) is 30.5. The van der Waals surface area contributed by atoms with Crippen molar-refractivity contribution in [3.05, 3.63) is 150 Å². The van der Waals surface area contributed by atoms with Gasteiger partial charge in [0.25, 0.3) is 0 Å². The van der Waals surface area contributed by atoms with Crippen molar-refractivity contribution >= 4 is 3.21 Å². The Labute approximate surface area is 292 Å². The Morgan fingerprint density at radius 1 is 0.644 bits per heavy atom. The minimum Gasteiger partial charge on any atom is -1.00 e. The third-order valence-corrected chi connectivity index (χ3v) is 17.9. The summed E-state index contributed by atoms with van der Waals surface area (Å²) in [6.07, 6.45) is 7.77. The average molecular weight is 713 g/mol. The summed E-state index contributed by atoms with van der Waals surface area (Å²) in [5, 5.41) is 0. The second-order valence-corrected chi connectivity index (χ2v) is 20.1. The molecule has 2 aliphatic carbocycles. The SMILES string of the molecule is CCCC1C=C(C(C)(C)C)C=[C]1[Zr+2](=[C](c1ccc(C)cc1)c1ccc(C)cc1)[CH]1c2cc(C)ccc2-c2ccc(C)cc21.[Cl-].[Cl-]. The quantitative estimate of drug-likeness (QED) is 0.259. The third-order valence-electron chi connectivity index (χ3n) is 9.43. The molecule has 0 saturated carbocycles. The molecule has 0 aliphatic heterocycles. The Balaban J connectivity index is 0.00000230. The summed E-state index contributed by atoms with van der Waals surface area (Å²) in [6, 6.07) is 33.4. The van der Waals surface area contributed by atoms with Crippen molar-refractivity contribution in [3.8, 4) is 11.1 Å². The van der Waals surface area contributed by atoms with Gasteiger partial charge >= 0.3 is 269 Å². The molecule has 0 radical (unpaired) electrons. The molecule has 4 aromatic carbocycles. The van der Waals surface area contributed by atoms with Crippen LogP contribution in [0.4, 0.5) is 0 Å². The first-order valence-electron chi connectivity index (χ1n) is 16.1. The molecule has 2 aliphatic rings. The number of benzene rings is 4. The summed E-state index contributed by atoms with van der Waals surface area (Å²) in [4.78, 5) is 0. The van der Waals surface area contributed by atoms with Crippen LogP contribution < -0.4 is 24.8 Å². The minimum atomic E-state index is -2.81. The van der Waals surface area contributed by atoms with Crippen LogP contribution in [0.25, 0.3) is 11.1 Å². The monoisotopic (exact) mass is 710 g/mol. The standard InChI is InChI=1S/C15H13.C15H14.C12H19.2ClH.Zr/c1-10-3-5-14-12(7-10)9-13-8-11(2)4-6-15(13)14;1-12-3-7-14(8-4-12)11-15-9-5-13(2)6-10-15;1-5-6-10-7-8-11(9-10)12(2,3)4;;;/h3-9H,1-2H3;3-10H,1-2H3;8-10H,5-6H2,1-4H3;2*1H;/q;;;;;+2/p-2. The number of fused-ring (bicyclic) bond motifs is 3. The fraction of sp³-hybridized carbons (Fsp3) is 0.310. The zero-order valence-electron chi connectivity index (χ0n) is 28.1. The van der Waals surface area contributed by atoms with Gasteiger partial charge in [0.05, 0.1) is 0 Å². The Hall–Kier alpha value is -2.31. The van der Waals surface area contributed by atoms with Gasteiger partial charge in [0, 0.05) is 0 Å². The maximum Gasteiger partial charge on any atom is -1.00 e. The van der Waals surface area contributed by atoms with Crippen LogP contribution >= 0.6 is 0 Å². The van der Waals surface area contributed by atoms with Gasteiger partial charge in [-0.2, -0.15) is 0 Å². The first-order valence-corrected chi connectivity index (χ1v) is 20.0. The molecule has 232 valence electrons. The second-order valence-electron chi connectivity index (χ2n) is 14.0. The van der Waals surface area contributed by atoms with E-state index < -0.39 is 21.3 Å². The topological polar surface area (TPSA) is 0 Å². The van der Waals surface area contributed by atoms with Gasteiger partial charge in [0.1, 0.15) is 0 Å². The van der Waals surface area contributed by atoms with Crippen LogP contribution in [0.3, 0.4) is 0 Å². The summed E-state index contributed by atoms with van der Waals surface area (Å²) in [5.41, 5.74) is 15.9. The van der Waals surface area contributed by atoms with E-state index in [2.05, 4.69) is 152 Å². The van der Waals surface area contributed by atoms with E-state index in [1.165, 1.54) is 62.9 Å². The van der Waals surface area contributed by atoms with Gasteiger partial charge in [-0.25, -0.2) is 0 Å². The van der Waals surface area contributed by atoms with Crippen LogP contribution in [0, 0.1) is 39.0 Å². The van der Waals surface area contributed by atoms with Crippen LogP contribution in [0.5, 0.6) is 0 Å². The van der Waals surface area contributed by atoms with Crippen molar-refractivity contribution in [1.82, 2.24) is 0 Å². The number of rotatable bonds is 6. The van der Waals surface area contributed by atoms with Gasteiger partial charge < -0.3 is 24.8 Å². The molecule has 0 saturated heterocycles. The van der Waals surface area contributed by atoms with E-state index in [1.54, 1.807) is 17.6 Å². The Morgan fingerprint density at radius 2 is 1.09 bits per heavy atom. The number of aryl methyl sites for hydroxylation is 4. The van der Waals surface area contributed by atoms with E-state index in [0.717, 1.165) is 0 Å². The average Bonchev–Trinajstić information content (AvgIpc) is 3.52. The van der Waals surface area contributed by atoms with Crippen LogP contribution in [0.1, 0.15) is 88.7 Å². The number of hydrogen-bond acceptors (Lipinski definition) is 0. The number of halogens is 2. The molecule has 0 heterocycles. The fourth-order valence-corrected chi connectivity index (χ4v) is 16.7. The summed E-state index contributed by atoms with van der Waals surface area (Å²) in [5.74, 6) is 0.515. The maximum atomic E-state index is 2.70. The smallest absolute Gasteiger partial charge is 1.00 e. The fourth-order valence-electron chi connectivity index (χ4n) is 7.11. The number of allylic oxidation sites excluding steroid dienone is 4. The second kappa shape index (κ2) is 14.2. The zero-order valence-corrected chi connectivity index (χ0v) is 32.0. The van der Waals surface area contributed by atoms with E-state index in [9.17, 15) is 0 Å². The molecule has 0 nitrogen and oxygen atoms in total. The van der Waals surface area contributed by atoms with Gasteiger partial charge in [-0.3, -0.25) is 0 Å². The third kappa shape index (κ3) is 7.03. The Kier molecular flexibility index (Phi) is 11.2. The molecule has 1 atom stereocenters. The van der Waals surface area contributed by atoms with Crippen molar-refractivity contribution in [2.24, 2.45) is 11.3 Å². The van der Waals surface area contributed by atoms with E-state index in [0.29, 0.717) is 9.54 Å². The van der Waals surface area contributed by atoms with Gasteiger partial charge in [-0.15, -0.1) is 0 Å². The summed E-state index contributed by atoms with van der Waals surface area (Å²) in [7, 11) is 0. The summed E-state index contributed by atoms with van der Waals surface area (Å²) >= 11 is -2.81. The molecule has 0 N–H and O–H groups in total. The Bertz CT molecular complexity index is 1680. The molecule has 6 rings (SSSR count). The minimum absolute atomic E-state index is 0. The van der Waals surface area contributed by atoms with Crippen molar-refractivity contribution in [2.75, 3.05) is 0 Å². The predicted molar refractivity (Wildman–Crippen MR) is 183 cm³/mol. The summed E-state index contributed by atoms with van der Waals surface area (Å²) in [6.45, 7) is 18.5. The van der Waals surface area contributed by atoms with Crippen LogP contribution in [-0.2, 0) is 21.3 Å². The van der Waals surface area contributed by atoms with Gasteiger partial charge in [0.15, 0.2) is 0 Å². The molecule has 0 bridgehead atoms. The molecule has 45 heavy (non-hydrogen) atoms. The van der Waals surface area contributed by atoms with E-state index >= 15 is 0 Å². The predicted octanol–water partition coefficient (Wildman–Crippen LogP) is 5.17. The van der Waals surface area contributed by atoms with Crippen molar-refractivity contribution in [1.29, 1.82) is 0 Å². The van der Waals surface area contributed by atoms with Gasteiger partial charge in [-0.1, -0.05) is 0 Å². The van der Waals surface area contributed by atoms with Crippen LogP contribution in [0.2, 0.25) is 0 Å². The molecule has 3 heteroatoms. The van der Waals surface area contributed by atoms with Gasteiger partial charge in [0.2, 0.25) is 0 Å². The largest absolute Gasteiger partial charge is 1.00 e. The first-order chi connectivity index (χ1) is 20.5. The first kappa shape index (κ1) is 35.5. The maximum absolute atomic E-state index is 2.81. The molecular weight excluding hydrogens is 667 g/mol. The van der Waals surface area contributed by atoms with Gasteiger partial charge in [-0.05, 0) is 0 Å². The number of hydrogen-bond donors (Lipinski definition) is 0. The molecule has 0 fully saturated rings. The molecule has 1 unspecified atom stereocenters. The van der Waals surface area contributed by atoms with E-state index in [4.69, 9.17) is 0 Å². The normalized spacial score (nSPS) is 15.1. The van der Waals surface area contributed by atoms with Crippen molar-refractivity contribution < 1.29 is 46.1 Å². The molecular formula is C42H46Cl2Zr. The van der Waals surface area contributed by atoms with Crippen molar-refractivity contribution in [2.45, 2.75) is 71.9 Å². The van der Waals surface area contributed by atoms with Crippen LogP contribution in [0.15, 0.2) is 106 Å². The van der Waals surface area contributed by atoms with E-state index in [1.807, 2.05) is 0 Å². The van der Waals surface area contributed by atoms with E-state index in [-0.39, 0.29) is 30.2 Å². The van der Waals surface area contributed by atoms with Crippen LogP contribution in [-0.4, -0.2) is 3.21 Å². The van der Waals surface area contributed by atoms with Crippen molar-refractivity contribution in [3.63, 3.8) is 0 Å². The summed E-state index contributed by atoms with van der Waals surface area (Å²) < 4.78 is 3.85. The molecule has 0 amide bonds. The molecule has 0 spiro atoms. The Morgan fingerprint density at radius 3 is 1.51 bits per heavy atom. The molecule has 0 aromatic heterocycles. The molecule has 4 aromatic rings.